The summed E-state index contributed by atoms with van der Waals surface area (Å²) in [5.41, 5.74) is 0.665. The number of ether oxygens (including phenoxy) is 1. The normalized spacial score (nSPS) is 12.9. The molecule has 0 aromatic heterocycles. The second-order valence-corrected chi connectivity index (χ2v) is 6.99. The topological polar surface area (TPSA) is 67.6 Å². The number of Topliss-reactive ketones (excluding diaryl/α,β-unsaturated/α-hetero) is 1. The van der Waals surface area contributed by atoms with E-state index in [0.29, 0.717) is 29.9 Å². The van der Waals surface area contributed by atoms with Crippen molar-refractivity contribution in [1.29, 1.82) is 0 Å². The highest BCUT2D eigenvalue weighted by molar-refractivity contribution is 5.94. The molecule has 1 aromatic rings. The Labute approximate surface area is 146 Å². The Kier molecular flexibility index (Phi) is 8.97. The average Bonchev–Trinajstić information content (AvgIpc) is 2.52. The molecule has 5 nitrogen and oxygen atoms in total. The van der Waals surface area contributed by atoms with Gasteiger partial charge in [0.25, 0.3) is 0 Å². The largest absolute Gasteiger partial charge is 0.491 e. The molecule has 5 heteroatoms. The number of rotatable bonds is 11. The Bertz CT molecular complexity index is 478. The van der Waals surface area contributed by atoms with Crippen LogP contribution in [0.4, 0.5) is 0 Å². The van der Waals surface area contributed by atoms with Gasteiger partial charge in [0.15, 0.2) is 5.78 Å². The first-order chi connectivity index (χ1) is 11.3. The molecule has 0 spiro atoms. The van der Waals surface area contributed by atoms with Crippen LogP contribution in [0.2, 0.25) is 0 Å². The van der Waals surface area contributed by atoms with Crippen LogP contribution in [0.3, 0.4) is 0 Å². The molecule has 24 heavy (non-hydrogen) atoms. The highest BCUT2D eigenvalue weighted by atomic mass is 16.5. The van der Waals surface area contributed by atoms with E-state index in [9.17, 15) is 9.90 Å². The smallest absolute Gasteiger partial charge is 0.159 e. The third kappa shape index (κ3) is 7.43. The van der Waals surface area contributed by atoms with Gasteiger partial charge in [-0.2, -0.15) is 0 Å². The molecule has 0 fully saturated rings. The van der Waals surface area contributed by atoms with E-state index in [1.54, 1.807) is 29.2 Å². The predicted molar refractivity (Wildman–Crippen MR) is 95.7 cm³/mol. The number of aliphatic hydroxyl groups excluding tert-OH is 1. The first kappa shape index (κ1) is 20.6. The van der Waals surface area contributed by atoms with Crippen LogP contribution < -0.4 is 15.0 Å². The number of ketones is 1. The molecule has 0 bridgehead atoms. The molecule has 0 aliphatic rings. The molecule has 1 rings (SSSR count). The number of carbonyl (C=O) groups excluding carboxylic acids is 1. The number of nitrogens with one attached hydrogen (secondary N) is 1. The summed E-state index contributed by atoms with van der Waals surface area (Å²) < 4.78 is 5.57. The molecule has 0 heterocycles. The van der Waals surface area contributed by atoms with Crippen molar-refractivity contribution in [1.82, 2.24) is 0 Å². The highest BCUT2D eigenvalue weighted by Crippen LogP contribution is 2.12. The minimum absolute atomic E-state index is 0.0372. The minimum Gasteiger partial charge on any atom is -0.491 e. The van der Waals surface area contributed by atoms with Crippen molar-refractivity contribution >= 4 is 5.78 Å². The van der Waals surface area contributed by atoms with E-state index in [1.807, 2.05) is 0 Å². The van der Waals surface area contributed by atoms with Crippen molar-refractivity contribution in [2.45, 2.75) is 52.8 Å². The van der Waals surface area contributed by atoms with Crippen LogP contribution in [-0.2, 0) is 0 Å². The summed E-state index contributed by atoms with van der Waals surface area (Å²) in [7, 11) is 0. The lowest BCUT2D eigenvalue weighted by molar-refractivity contribution is -0.952. The first-order valence-electron chi connectivity index (χ1n) is 8.90. The maximum absolute atomic E-state index is 11.2. The standard InChI is InChI=1S/C19H32N2O3/c1-14(2)21(15(3)4)11-10-20-12-18(23)13-24-19-8-6-17(7-9-19)16(5)22/h6-9,14-15,18,20,23H,10-13H2,1-5H3/p+2/t18-/m1/s1. The molecule has 0 amide bonds. The van der Waals surface area contributed by atoms with E-state index in [-0.39, 0.29) is 12.4 Å². The molecular weight excluding hydrogens is 304 g/mol. The van der Waals surface area contributed by atoms with Crippen LogP contribution in [0.25, 0.3) is 0 Å². The van der Waals surface area contributed by atoms with Crippen LogP contribution in [-0.4, -0.2) is 55.3 Å². The number of quaternary nitrogens is 2. The van der Waals surface area contributed by atoms with E-state index in [1.165, 1.54) is 6.92 Å². The number of benzene rings is 1. The predicted octanol–water partition coefficient (Wildman–Crippen LogP) is -0.106. The SMILES string of the molecule is CC(=O)c1ccc(OC[C@H](O)C[NH2+]CC[NH+](C(C)C)C(C)C)cc1. The summed E-state index contributed by atoms with van der Waals surface area (Å²) in [6, 6.07) is 8.24. The second kappa shape index (κ2) is 10.4. The summed E-state index contributed by atoms with van der Waals surface area (Å²) in [5.74, 6) is 0.712. The van der Waals surface area contributed by atoms with Crippen LogP contribution in [0.1, 0.15) is 45.0 Å². The van der Waals surface area contributed by atoms with E-state index >= 15 is 0 Å². The van der Waals surface area contributed by atoms with Gasteiger partial charge in [-0.1, -0.05) is 0 Å². The van der Waals surface area contributed by atoms with Gasteiger partial charge in [-0.3, -0.25) is 4.79 Å². The Balaban J connectivity index is 2.24. The number of hydrogen-bond acceptors (Lipinski definition) is 3. The van der Waals surface area contributed by atoms with Gasteiger partial charge >= 0.3 is 0 Å². The van der Waals surface area contributed by atoms with Crippen molar-refractivity contribution in [3.05, 3.63) is 29.8 Å². The number of hydrogen-bond donors (Lipinski definition) is 3. The Morgan fingerprint density at radius 2 is 1.75 bits per heavy atom. The van der Waals surface area contributed by atoms with Gasteiger partial charge in [-0.25, -0.2) is 0 Å². The van der Waals surface area contributed by atoms with Crippen molar-refractivity contribution in [2.75, 3.05) is 26.2 Å². The number of nitrogens with two attached hydrogens (primary N) is 1. The van der Waals surface area contributed by atoms with Gasteiger partial charge in [0.05, 0.1) is 12.1 Å². The van der Waals surface area contributed by atoms with Gasteiger partial charge in [-0.15, -0.1) is 0 Å². The van der Waals surface area contributed by atoms with Gasteiger partial charge in [0, 0.05) is 5.56 Å². The van der Waals surface area contributed by atoms with Crippen LogP contribution in [0.15, 0.2) is 24.3 Å². The quantitative estimate of drug-likeness (QED) is 0.390. The lowest BCUT2D eigenvalue weighted by Crippen LogP contribution is -3.19. The molecule has 4 N–H and O–H groups in total. The molecule has 0 saturated carbocycles. The second-order valence-electron chi connectivity index (χ2n) is 6.99. The van der Waals surface area contributed by atoms with E-state index in [2.05, 4.69) is 33.0 Å². The molecule has 1 atom stereocenters. The highest BCUT2D eigenvalue weighted by Gasteiger charge is 2.17. The fourth-order valence-electron chi connectivity index (χ4n) is 2.87. The van der Waals surface area contributed by atoms with Gasteiger partial charge in [-0.05, 0) is 58.9 Å². The van der Waals surface area contributed by atoms with Crippen molar-refractivity contribution < 1.29 is 24.9 Å². The summed E-state index contributed by atoms with van der Waals surface area (Å²) in [4.78, 5) is 12.8. The fourth-order valence-corrected chi connectivity index (χ4v) is 2.87. The lowest BCUT2D eigenvalue weighted by Gasteiger charge is -2.26. The molecule has 1 aromatic carbocycles. The van der Waals surface area contributed by atoms with Crippen LogP contribution in [0, 0.1) is 0 Å². The third-order valence-corrected chi connectivity index (χ3v) is 4.26. The Hall–Kier alpha value is -1.43. The zero-order chi connectivity index (χ0) is 18.1. The number of carbonyl (C=O) groups is 1. The molecular formula is C19H34N2O3+2. The summed E-state index contributed by atoms with van der Waals surface area (Å²) in [6.07, 6.45) is -0.501. The maximum Gasteiger partial charge on any atom is 0.159 e. The fraction of sp³-hybridized carbons (Fsp3) is 0.632. The molecule has 0 radical (unpaired) electrons. The van der Waals surface area contributed by atoms with Gasteiger partial charge in [0.1, 0.15) is 38.1 Å². The van der Waals surface area contributed by atoms with E-state index in [4.69, 9.17) is 4.74 Å². The molecule has 0 saturated heterocycles. The molecule has 136 valence electrons. The summed E-state index contributed by atoms with van der Waals surface area (Å²) >= 11 is 0. The van der Waals surface area contributed by atoms with Crippen LogP contribution in [0.5, 0.6) is 5.75 Å². The van der Waals surface area contributed by atoms with Gasteiger partial charge in [0.2, 0.25) is 0 Å². The van der Waals surface area contributed by atoms with Crippen molar-refractivity contribution in [2.24, 2.45) is 0 Å². The maximum atomic E-state index is 11.2. The number of aliphatic hydroxyl groups is 1. The monoisotopic (exact) mass is 338 g/mol. The minimum atomic E-state index is -0.501. The first-order valence-corrected chi connectivity index (χ1v) is 8.90. The average molecular weight is 338 g/mol. The third-order valence-electron chi connectivity index (χ3n) is 4.26. The zero-order valence-electron chi connectivity index (χ0n) is 15.7. The zero-order valence-corrected chi connectivity index (χ0v) is 15.7. The summed E-state index contributed by atoms with van der Waals surface area (Å²) in [5, 5.41) is 12.2. The molecule has 0 aliphatic heterocycles. The van der Waals surface area contributed by atoms with E-state index in [0.717, 1.165) is 13.1 Å². The van der Waals surface area contributed by atoms with Crippen molar-refractivity contribution in [3.63, 3.8) is 0 Å². The lowest BCUT2D eigenvalue weighted by atomic mass is 10.1. The summed E-state index contributed by atoms with van der Waals surface area (Å²) in [6.45, 7) is 13.5. The molecule has 0 aliphatic carbocycles. The van der Waals surface area contributed by atoms with Crippen LogP contribution >= 0.6 is 0 Å². The van der Waals surface area contributed by atoms with Gasteiger partial charge < -0.3 is 20.1 Å². The Morgan fingerprint density at radius 3 is 2.25 bits per heavy atom. The Morgan fingerprint density at radius 1 is 1.17 bits per heavy atom. The van der Waals surface area contributed by atoms with Crippen molar-refractivity contribution in [3.8, 4) is 5.75 Å². The molecule has 0 unspecified atom stereocenters. The van der Waals surface area contributed by atoms with E-state index < -0.39 is 6.10 Å².